The van der Waals surface area contributed by atoms with Crippen molar-refractivity contribution in [3.8, 4) is 17.4 Å². The lowest BCUT2D eigenvalue weighted by molar-refractivity contribution is 0.0948. The van der Waals surface area contributed by atoms with Crippen molar-refractivity contribution in [2.45, 2.75) is 40.2 Å². The van der Waals surface area contributed by atoms with E-state index in [0.29, 0.717) is 47.5 Å². The fraction of sp³-hybridized carbons (Fsp3) is 0.318. The summed E-state index contributed by atoms with van der Waals surface area (Å²) in [5.41, 5.74) is 1.94. The molecule has 3 aromatic rings. The summed E-state index contributed by atoms with van der Waals surface area (Å²) in [6.45, 7) is 8.49. The largest absolute Gasteiger partial charge is 0.490 e. The van der Waals surface area contributed by atoms with Crippen LogP contribution in [0.15, 0.2) is 47.1 Å². The molecule has 7 nitrogen and oxygen atoms in total. The van der Waals surface area contributed by atoms with Gasteiger partial charge in [-0.2, -0.15) is 0 Å². The molecule has 0 saturated carbocycles. The first-order chi connectivity index (χ1) is 14.0. The summed E-state index contributed by atoms with van der Waals surface area (Å²) in [6, 6.07) is 11.1. The van der Waals surface area contributed by atoms with Gasteiger partial charge in [-0.05, 0) is 31.5 Å². The Labute approximate surface area is 170 Å². The highest BCUT2D eigenvalue weighted by Crippen LogP contribution is 2.30. The second kappa shape index (κ2) is 9.23. The number of para-hydroxylation sites is 2. The summed E-state index contributed by atoms with van der Waals surface area (Å²) in [5.74, 6) is 2.18. The number of amides is 1. The Morgan fingerprint density at radius 1 is 1.17 bits per heavy atom. The second-order valence-corrected chi connectivity index (χ2v) is 6.83. The fourth-order valence-electron chi connectivity index (χ4n) is 2.83. The first kappa shape index (κ1) is 20.4. The van der Waals surface area contributed by atoms with Gasteiger partial charge in [0.15, 0.2) is 17.3 Å². The third kappa shape index (κ3) is 4.93. The van der Waals surface area contributed by atoms with Crippen LogP contribution >= 0.6 is 0 Å². The average Bonchev–Trinajstić information content (AvgIpc) is 3.11. The molecule has 152 valence electrons. The number of nitrogens with zero attached hydrogens (tertiary/aromatic N) is 2. The predicted octanol–water partition coefficient (Wildman–Crippen LogP) is 4.62. The van der Waals surface area contributed by atoms with Gasteiger partial charge in [0, 0.05) is 24.7 Å². The minimum Gasteiger partial charge on any atom is -0.490 e. The topological polar surface area (TPSA) is 86.5 Å². The van der Waals surface area contributed by atoms with E-state index in [4.69, 9.17) is 14.0 Å². The van der Waals surface area contributed by atoms with E-state index in [0.717, 1.165) is 5.56 Å². The van der Waals surface area contributed by atoms with E-state index in [9.17, 15) is 4.79 Å². The lowest BCUT2D eigenvalue weighted by Gasteiger charge is -2.11. The first-order valence-electron chi connectivity index (χ1n) is 9.58. The summed E-state index contributed by atoms with van der Waals surface area (Å²) in [6.07, 6.45) is 1.67. The number of hydrogen-bond acceptors (Lipinski definition) is 6. The van der Waals surface area contributed by atoms with Crippen LogP contribution in [0.3, 0.4) is 0 Å². The van der Waals surface area contributed by atoms with Crippen molar-refractivity contribution in [1.29, 1.82) is 0 Å². The van der Waals surface area contributed by atoms with Crippen molar-refractivity contribution >= 4 is 5.91 Å². The van der Waals surface area contributed by atoms with Gasteiger partial charge in [0.05, 0.1) is 12.3 Å². The summed E-state index contributed by atoms with van der Waals surface area (Å²) >= 11 is 0. The zero-order valence-electron chi connectivity index (χ0n) is 17.1. The van der Waals surface area contributed by atoms with Gasteiger partial charge in [-0.3, -0.25) is 4.79 Å². The third-order valence-corrected chi connectivity index (χ3v) is 4.25. The molecule has 0 bridgehead atoms. The molecule has 7 heteroatoms. The molecule has 0 radical (unpaired) electrons. The Morgan fingerprint density at radius 2 is 1.93 bits per heavy atom. The van der Waals surface area contributed by atoms with Crippen LogP contribution < -0.4 is 14.8 Å². The molecule has 0 aliphatic carbocycles. The maximum Gasteiger partial charge on any atom is 0.257 e. The van der Waals surface area contributed by atoms with Crippen molar-refractivity contribution in [3.63, 3.8) is 0 Å². The Hall–Kier alpha value is -3.35. The SMILES string of the molecule is CCOc1ccccc1Oc1ccc(CNC(=O)c2c(C)noc2C(C)C)cn1. The van der Waals surface area contributed by atoms with Gasteiger partial charge >= 0.3 is 0 Å². The molecule has 0 atom stereocenters. The zero-order valence-corrected chi connectivity index (χ0v) is 17.1. The van der Waals surface area contributed by atoms with Crippen LogP contribution in [-0.4, -0.2) is 22.7 Å². The first-order valence-corrected chi connectivity index (χ1v) is 9.58. The lowest BCUT2D eigenvalue weighted by Crippen LogP contribution is -2.24. The minimum absolute atomic E-state index is 0.0783. The number of aromatic nitrogens is 2. The normalized spacial score (nSPS) is 10.8. The van der Waals surface area contributed by atoms with Gasteiger partial charge < -0.3 is 19.3 Å². The van der Waals surface area contributed by atoms with E-state index in [1.165, 1.54) is 0 Å². The maximum atomic E-state index is 12.6. The van der Waals surface area contributed by atoms with Crippen LogP contribution in [0.4, 0.5) is 0 Å². The van der Waals surface area contributed by atoms with E-state index < -0.39 is 0 Å². The van der Waals surface area contributed by atoms with Crippen LogP contribution in [0.25, 0.3) is 0 Å². The van der Waals surface area contributed by atoms with Crippen LogP contribution in [0.5, 0.6) is 17.4 Å². The monoisotopic (exact) mass is 395 g/mol. The lowest BCUT2D eigenvalue weighted by atomic mass is 10.0. The molecular weight excluding hydrogens is 370 g/mol. The molecule has 1 N–H and O–H groups in total. The molecule has 2 aromatic heterocycles. The number of benzene rings is 1. The summed E-state index contributed by atoms with van der Waals surface area (Å²) in [4.78, 5) is 16.9. The third-order valence-electron chi connectivity index (χ3n) is 4.25. The van der Waals surface area contributed by atoms with E-state index >= 15 is 0 Å². The fourth-order valence-corrected chi connectivity index (χ4v) is 2.83. The molecule has 0 aliphatic rings. The van der Waals surface area contributed by atoms with Gasteiger partial charge in [-0.1, -0.05) is 37.2 Å². The smallest absolute Gasteiger partial charge is 0.257 e. The molecule has 3 rings (SSSR count). The van der Waals surface area contributed by atoms with Gasteiger partial charge in [0.1, 0.15) is 5.56 Å². The van der Waals surface area contributed by atoms with Crippen molar-refractivity contribution in [1.82, 2.24) is 15.5 Å². The van der Waals surface area contributed by atoms with Crippen LogP contribution in [0, 0.1) is 6.92 Å². The quantitative estimate of drug-likeness (QED) is 0.599. The predicted molar refractivity (Wildman–Crippen MR) is 108 cm³/mol. The molecule has 0 unspecified atom stereocenters. The Kier molecular flexibility index (Phi) is 6.49. The summed E-state index contributed by atoms with van der Waals surface area (Å²) in [5, 5.41) is 6.80. The second-order valence-electron chi connectivity index (χ2n) is 6.83. The molecule has 0 saturated heterocycles. The number of rotatable bonds is 8. The standard InChI is InChI=1S/C22H25N3O4/c1-5-27-17-8-6-7-9-18(17)28-19-11-10-16(12-23-19)13-24-22(26)20-15(4)25-29-21(20)14(2)3/h6-12,14H,5,13H2,1-4H3,(H,24,26). The number of carbonyl (C=O) groups excluding carboxylic acids is 1. The highest BCUT2D eigenvalue weighted by molar-refractivity contribution is 5.96. The van der Waals surface area contributed by atoms with Gasteiger partial charge in [0.2, 0.25) is 5.88 Å². The van der Waals surface area contributed by atoms with Crippen LogP contribution in [-0.2, 0) is 6.54 Å². The van der Waals surface area contributed by atoms with Gasteiger partial charge in [0.25, 0.3) is 5.91 Å². The Bertz CT molecular complexity index is 964. The number of aryl methyl sites for hydroxylation is 1. The number of carbonyl (C=O) groups is 1. The maximum absolute atomic E-state index is 12.6. The van der Waals surface area contributed by atoms with Crippen LogP contribution in [0.2, 0.25) is 0 Å². The molecule has 1 aromatic carbocycles. The van der Waals surface area contributed by atoms with Gasteiger partial charge in [-0.25, -0.2) is 4.98 Å². The average molecular weight is 395 g/mol. The number of pyridine rings is 1. The Morgan fingerprint density at radius 3 is 2.59 bits per heavy atom. The van der Waals surface area contributed by atoms with E-state index in [-0.39, 0.29) is 11.8 Å². The molecule has 29 heavy (non-hydrogen) atoms. The summed E-state index contributed by atoms with van der Waals surface area (Å²) in [7, 11) is 0. The number of nitrogens with one attached hydrogen (secondary N) is 1. The Balaban J connectivity index is 1.63. The number of ether oxygens (including phenoxy) is 2. The molecule has 0 fully saturated rings. The van der Waals surface area contributed by atoms with Gasteiger partial charge in [-0.15, -0.1) is 0 Å². The van der Waals surface area contributed by atoms with Crippen LogP contribution in [0.1, 0.15) is 54.1 Å². The zero-order chi connectivity index (χ0) is 20.8. The highest BCUT2D eigenvalue weighted by Gasteiger charge is 2.22. The van der Waals surface area contributed by atoms with E-state index in [1.807, 2.05) is 51.1 Å². The molecule has 0 aliphatic heterocycles. The van der Waals surface area contributed by atoms with E-state index in [1.54, 1.807) is 19.2 Å². The number of hydrogen-bond donors (Lipinski definition) is 1. The van der Waals surface area contributed by atoms with Crippen molar-refractivity contribution in [2.75, 3.05) is 6.61 Å². The minimum atomic E-state index is -0.210. The van der Waals surface area contributed by atoms with Crippen molar-refractivity contribution in [3.05, 3.63) is 65.2 Å². The van der Waals surface area contributed by atoms with Crippen molar-refractivity contribution in [2.24, 2.45) is 0 Å². The molecule has 2 heterocycles. The molecular formula is C22H25N3O4. The summed E-state index contributed by atoms with van der Waals surface area (Å²) < 4.78 is 16.7. The molecule has 1 amide bonds. The van der Waals surface area contributed by atoms with E-state index in [2.05, 4.69) is 15.5 Å². The van der Waals surface area contributed by atoms with Crippen molar-refractivity contribution < 1.29 is 18.8 Å². The highest BCUT2D eigenvalue weighted by atomic mass is 16.5. The molecule has 0 spiro atoms.